The van der Waals surface area contributed by atoms with E-state index in [2.05, 4.69) is 5.10 Å². The molecule has 4 rings (SSSR count). The summed E-state index contributed by atoms with van der Waals surface area (Å²) in [7, 11) is 3.29. The van der Waals surface area contributed by atoms with Crippen molar-refractivity contribution in [3.63, 3.8) is 0 Å². The first-order chi connectivity index (χ1) is 13.5. The molecular formula is C20H22N4O3S. The molecule has 8 heteroatoms. The number of carbonyl (C=O) groups is 2. The van der Waals surface area contributed by atoms with Crippen molar-refractivity contribution in [3.8, 4) is 5.88 Å². The van der Waals surface area contributed by atoms with E-state index in [9.17, 15) is 9.59 Å². The van der Waals surface area contributed by atoms with Crippen LogP contribution >= 0.6 is 11.3 Å². The van der Waals surface area contributed by atoms with Gasteiger partial charge in [-0.25, -0.2) is 4.68 Å². The third kappa shape index (κ3) is 3.13. The smallest absolute Gasteiger partial charge is 0.264 e. The van der Waals surface area contributed by atoms with Crippen molar-refractivity contribution in [2.24, 2.45) is 7.05 Å². The van der Waals surface area contributed by atoms with Crippen molar-refractivity contribution in [2.45, 2.75) is 6.92 Å². The standard InChI is InChI=1S/C20H22N4O3S/c1-13-17(20(27-3)22(2)21-13)19(26)24-10-8-23(9-11-24)18(25)16-12-14-6-4-5-7-15(14)28-16/h4-7,12H,8-11H2,1-3H3. The van der Waals surface area contributed by atoms with E-state index >= 15 is 0 Å². The molecule has 1 aromatic carbocycles. The van der Waals surface area contributed by atoms with Gasteiger partial charge in [0.15, 0.2) is 0 Å². The van der Waals surface area contributed by atoms with Crippen LogP contribution in [0.3, 0.4) is 0 Å². The number of thiophene rings is 1. The summed E-state index contributed by atoms with van der Waals surface area (Å²) in [6.45, 7) is 3.82. The zero-order valence-electron chi connectivity index (χ0n) is 16.1. The summed E-state index contributed by atoms with van der Waals surface area (Å²) in [6.07, 6.45) is 0. The molecule has 146 valence electrons. The van der Waals surface area contributed by atoms with Crippen LogP contribution in [0, 0.1) is 6.92 Å². The fourth-order valence-corrected chi connectivity index (χ4v) is 4.66. The summed E-state index contributed by atoms with van der Waals surface area (Å²) >= 11 is 1.51. The first-order valence-electron chi connectivity index (χ1n) is 9.14. The number of methoxy groups -OCH3 is 1. The zero-order valence-corrected chi connectivity index (χ0v) is 17.0. The van der Waals surface area contributed by atoms with E-state index in [1.165, 1.54) is 18.4 Å². The van der Waals surface area contributed by atoms with E-state index in [1.807, 2.05) is 35.2 Å². The van der Waals surface area contributed by atoms with Gasteiger partial charge in [-0.05, 0) is 24.4 Å². The van der Waals surface area contributed by atoms with Crippen LogP contribution in [0.2, 0.25) is 0 Å². The van der Waals surface area contributed by atoms with Crippen LogP contribution in [-0.2, 0) is 7.05 Å². The Bertz CT molecular complexity index is 1010. The molecule has 7 nitrogen and oxygen atoms in total. The highest BCUT2D eigenvalue weighted by atomic mass is 32.1. The molecule has 0 N–H and O–H groups in total. The van der Waals surface area contributed by atoms with E-state index in [1.54, 1.807) is 23.6 Å². The average Bonchev–Trinajstić information content (AvgIpc) is 3.26. The fourth-order valence-electron chi connectivity index (χ4n) is 3.63. The number of piperazine rings is 1. The largest absolute Gasteiger partial charge is 0.481 e. The monoisotopic (exact) mass is 398 g/mol. The molecule has 3 heterocycles. The van der Waals surface area contributed by atoms with Gasteiger partial charge in [0.1, 0.15) is 5.56 Å². The maximum absolute atomic E-state index is 13.0. The fraction of sp³-hybridized carbons (Fsp3) is 0.350. The summed E-state index contributed by atoms with van der Waals surface area (Å²) in [5.74, 6) is 0.395. The van der Waals surface area contributed by atoms with Crippen LogP contribution in [0.4, 0.5) is 0 Å². The van der Waals surface area contributed by atoms with E-state index < -0.39 is 0 Å². The number of ether oxygens (including phenoxy) is 1. The molecule has 0 radical (unpaired) electrons. The van der Waals surface area contributed by atoms with Crippen LogP contribution in [0.5, 0.6) is 5.88 Å². The summed E-state index contributed by atoms with van der Waals surface area (Å²) in [4.78, 5) is 30.2. The molecule has 1 saturated heterocycles. The third-order valence-corrected chi connectivity index (χ3v) is 6.17. The van der Waals surface area contributed by atoms with E-state index in [0.29, 0.717) is 43.3 Å². The van der Waals surface area contributed by atoms with Crippen LogP contribution in [0.15, 0.2) is 30.3 Å². The normalized spacial score (nSPS) is 14.5. The molecule has 0 aliphatic carbocycles. The van der Waals surface area contributed by atoms with Gasteiger partial charge in [-0.15, -0.1) is 11.3 Å². The lowest BCUT2D eigenvalue weighted by atomic mass is 10.2. The van der Waals surface area contributed by atoms with Gasteiger partial charge in [-0.2, -0.15) is 5.10 Å². The van der Waals surface area contributed by atoms with Gasteiger partial charge in [0, 0.05) is 37.9 Å². The van der Waals surface area contributed by atoms with Gasteiger partial charge in [0.25, 0.3) is 11.8 Å². The van der Waals surface area contributed by atoms with Crippen LogP contribution in [-0.4, -0.2) is 64.7 Å². The van der Waals surface area contributed by atoms with Gasteiger partial charge in [-0.1, -0.05) is 18.2 Å². The van der Waals surface area contributed by atoms with Crippen molar-refractivity contribution < 1.29 is 14.3 Å². The zero-order chi connectivity index (χ0) is 19.8. The molecular weight excluding hydrogens is 376 g/mol. The minimum Gasteiger partial charge on any atom is -0.481 e. The van der Waals surface area contributed by atoms with Gasteiger partial charge in [-0.3, -0.25) is 9.59 Å². The molecule has 1 aliphatic heterocycles. The molecule has 0 saturated carbocycles. The number of carbonyl (C=O) groups excluding carboxylic acids is 2. The number of amides is 2. The highest BCUT2D eigenvalue weighted by Gasteiger charge is 2.30. The Hall–Kier alpha value is -2.87. The van der Waals surface area contributed by atoms with Crippen molar-refractivity contribution in [2.75, 3.05) is 33.3 Å². The Labute approximate surface area is 167 Å². The number of aromatic nitrogens is 2. The molecule has 1 aliphatic rings. The highest BCUT2D eigenvalue weighted by molar-refractivity contribution is 7.20. The SMILES string of the molecule is COc1c(C(=O)N2CCN(C(=O)c3cc4ccccc4s3)CC2)c(C)nn1C. The Morgan fingerprint density at radius 1 is 1.07 bits per heavy atom. The molecule has 2 amide bonds. The summed E-state index contributed by atoms with van der Waals surface area (Å²) in [5.41, 5.74) is 1.14. The summed E-state index contributed by atoms with van der Waals surface area (Å²) < 4.78 is 8.03. The third-order valence-electron chi connectivity index (χ3n) is 5.07. The Balaban J connectivity index is 1.46. The lowest BCUT2D eigenvalue weighted by Crippen LogP contribution is -2.50. The number of fused-ring (bicyclic) bond motifs is 1. The van der Waals surface area contributed by atoms with Gasteiger partial charge in [0.2, 0.25) is 5.88 Å². The van der Waals surface area contributed by atoms with Gasteiger partial charge in [0.05, 0.1) is 17.7 Å². The van der Waals surface area contributed by atoms with Crippen molar-refractivity contribution >= 4 is 33.2 Å². The number of hydrogen-bond donors (Lipinski definition) is 0. The van der Waals surface area contributed by atoms with Gasteiger partial charge >= 0.3 is 0 Å². The molecule has 28 heavy (non-hydrogen) atoms. The van der Waals surface area contributed by atoms with E-state index in [4.69, 9.17) is 4.74 Å². The second-order valence-corrected chi connectivity index (χ2v) is 7.91. The maximum atomic E-state index is 13.0. The maximum Gasteiger partial charge on any atom is 0.264 e. The molecule has 2 aromatic heterocycles. The van der Waals surface area contributed by atoms with E-state index in [-0.39, 0.29) is 11.8 Å². The highest BCUT2D eigenvalue weighted by Crippen LogP contribution is 2.27. The molecule has 0 atom stereocenters. The van der Waals surface area contributed by atoms with Crippen molar-refractivity contribution in [1.29, 1.82) is 0 Å². The topological polar surface area (TPSA) is 67.7 Å². The second-order valence-electron chi connectivity index (χ2n) is 6.83. The second kappa shape index (κ2) is 7.27. The Morgan fingerprint density at radius 2 is 1.71 bits per heavy atom. The van der Waals surface area contributed by atoms with Crippen LogP contribution < -0.4 is 4.74 Å². The predicted octanol–water partition coefficient (Wildman–Crippen LogP) is 2.55. The molecule has 0 unspecified atom stereocenters. The summed E-state index contributed by atoms with van der Waals surface area (Å²) in [6, 6.07) is 9.94. The minimum absolute atomic E-state index is 0.0310. The van der Waals surface area contributed by atoms with E-state index in [0.717, 1.165) is 15.0 Å². The molecule has 0 spiro atoms. The number of nitrogens with zero attached hydrogens (tertiary/aromatic N) is 4. The van der Waals surface area contributed by atoms with Crippen molar-refractivity contribution in [1.82, 2.24) is 19.6 Å². The first-order valence-corrected chi connectivity index (χ1v) is 9.96. The van der Waals surface area contributed by atoms with Gasteiger partial charge < -0.3 is 14.5 Å². The quantitative estimate of drug-likeness (QED) is 0.680. The van der Waals surface area contributed by atoms with Crippen LogP contribution in [0.1, 0.15) is 25.7 Å². The minimum atomic E-state index is -0.101. The Kier molecular flexibility index (Phi) is 4.80. The summed E-state index contributed by atoms with van der Waals surface area (Å²) in [5, 5.41) is 5.37. The predicted molar refractivity (Wildman–Crippen MR) is 108 cm³/mol. The molecule has 0 bridgehead atoms. The first kappa shape index (κ1) is 18.5. The lowest BCUT2D eigenvalue weighted by Gasteiger charge is -2.34. The average molecular weight is 398 g/mol. The number of hydrogen-bond acceptors (Lipinski definition) is 5. The van der Waals surface area contributed by atoms with Crippen LogP contribution in [0.25, 0.3) is 10.1 Å². The molecule has 3 aromatic rings. The number of benzene rings is 1. The van der Waals surface area contributed by atoms with Crippen molar-refractivity contribution in [3.05, 3.63) is 46.5 Å². The number of rotatable bonds is 3. The Morgan fingerprint density at radius 3 is 2.36 bits per heavy atom. The number of aryl methyl sites for hydroxylation is 2. The lowest BCUT2D eigenvalue weighted by molar-refractivity contribution is 0.0535. The molecule has 1 fully saturated rings.